The topological polar surface area (TPSA) is 85.5 Å². The molecule has 0 bridgehead atoms. The van der Waals surface area contributed by atoms with Crippen molar-refractivity contribution < 1.29 is 23.4 Å². The second-order valence-electron chi connectivity index (χ2n) is 8.01. The molecule has 0 saturated heterocycles. The number of aliphatic carboxylic acids is 1. The number of aryl methyl sites for hydroxylation is 3. The van der Waals surface area contributed by atoms with Crippen LogP contribution in [0.5, 0.6) is 5.75 Å². The van der Waals surface area contributed by atoms with Gasteiger partial charge in [0, 0.05) is 24.6 Å². The molecule has 0 aliphatic rings. The summed E-state index contributed by atoms with van der Waals surface area (Å²) in [5, 5.41) is 8.86. The fraction of sp³-hybridized carbons (Fsp3) is 0.222. The van der Waals surface area contributed by atoms with E-state index < -0.39 is 5.97 Å². The first kappa shape index (κ1) is 23.2. The average Bonchev–Trinajstić information content (AvgIpc) is 3.19. The Morgan fingerprint density at radius 1 is 1.09 bits per heavy atom. The van der Waals surface area contributed by atoms with Crippen LogP contribution in [0.1, 0.15) is 29.0 Å². The number of oxazole rings is 1. The molecule has 1 N–H and O–H groups in total. The second kappa shape index (κ2) is 10.3. The van der Waals surface area contributed by atoms with Crippen LogP contribution in [0.25, 0.3) is 22.7 Å². The van der Waals surface area contributed by atoms with E-state index in [1.165, 1.54) is 6.07 Å². The zero-order chi connectivity index (χ0) is 24.1. The molecular weight excluding hydrogens is 435 g/mol. The Morgan fingerprint density at radius 3 is 2.62 bits per heavy atom. The third-order valence-corrected chi connectivity index (χ3v) is 5.58. The summed E-state index contributed by atoms with van der Waals surface area (Å²) in [4.78, 5) is 19.7. The summed E-state index contributed by atoms with van der Waals surface area (Å²) in [6.07, 6.45) is 2.80. The van der Waals surface area contributed by atoms with E-state index in [4.69, 9.17) is 14.3 Å². The molecule has 0 radical (unpaired) electrons. The van der Waals surface area contributed by atoms with Crippen molar-refractivity contribution in [2.24, 2.45) is 0 Å². The Hall–Kier alpha value is -4.00. The lowest BCUT2D eigenvalue weighted by molar-refractivity contribution is -0.136. The van der Waals surface area contributed by atoms with Gasteiger partial charge in [0.2, 0.25) is 5.89 Å². The van der Waals surface area contributed by atoms with Crippen LogP contribution in [0, 0.1) is 19.7 Å². The maximum Gasteiger partial charge on any atom is 0.303 e. The number of hydrogen-bond acceptors (Lipinski definition) is 5. The van der Waals surface area contributed by atoms with Gasteiger partial charge < -0.3 is 14.3 Å². The third kappa shape index (κ3) is 5.49. The van der Waals surface area contributed by atoms with Crippen molar-refractivity contribution >= 4 is 5.97 Å². The number of hydrogen-bond donors (Lipinski definition) is 1. The molecule has 2 aromatic heterocycles. The highest BCUT2D eigenvalue weighted by Gasteiger charge is 2.13. The number of ether oxygens (including phenoxy) is 1. The molecule has 4 aromatic rings. The number of aromatic nitrogens is 2. The van der Waals surface area contributed by atoms with Crippen molar-refractivity contribution in [3.05, 3.63) is 89.2 Å². The maximum atomic E-state index is 14.0. The van der Waals surface area contributed by atoms with Gasteiger partial charge in [-0.15, -0.1) is 0 Å². The summed E-state index contributed by atoms with van der Waals surface area (Å²) in [5.41, 5.74) is 4.50. The van der Waals surface area contributed by atoms with Gasteiger partial charge in [-0.05, 0) is 67.8 Å². The van der Waals surface area contributed by atoms with Crippen molar-refractivity contribution in [1.29, 1.82) is 0 Å². The number of halogens is 1. The van der Waals surface area contributed by atoms with Crippen LogP contribution in [0.15, 0.2) is 65.2 Å². The minimum Gasteiger partial charge on any atom is -0.493 e. The Kier molecular flexibility index (Phi) is 7.01. The largest absolute Gasteiger partial charge is 0.493 e. The Balaban J connectivity index is 1.38. The Labute approximate surface area is 197 Å². The van der Waals surface area contributed by atoms with E-state index in [1.54, 1.807) is 30.5 Å². The number of benzene rings is 2. The van der Waals surface area contributed by atoms with E-state index in [2.05, 4.69) is 9.97 Å². The molecule has 0 spiro atoms. The van der Waals surface area contributed by atoms with Crippen LogP contribution < -0.4 is 4.74 Å². The molecule has 0 saturated carbocycles. The fourth-order valence-corrected chi connectivity index (χ4v) is 3.68. The highest BCUT2D eigenvalue weighted by molar-refractivity contribution is 5.67. The lowest BCUT2D eigenvalue weighted by Crippen LogP contribution is -2.04. The van der Waals surface area contributed by atoms with Crippen molar-refractivity contribution in [3.63, 3.8) is 0 Å². The molecule has 2 heterocycles. The average molecular weight is 461 g/mol. The van der Waals surface area contributed by atoms with Crippen LogP contribution in [-0.2, 0) is 17.6 Å². The van der Waals surface area contributed by atoms with Gasteiger partial charge in [-0.2, -0.15) is 0 Å². The molecule has 2 aromatic carbocycles. The van der Waals surface area contributed by atoms with Crippen LogP contribution >= 0.6 is 0 Å². The summed E-state index contributed by atoms with van der Waals surface area (Å²) in [7, 11) is 0. The molecule has 0 unspecified atom stereocenters. The highest BCUT2D eigenvalue weighted by atomic mass is 19.1. The highest BCUT2D eigenvalue weighted by Crippen LogP contribution is 2.26. The molecule has 6 nitrogen and oxygen atoms in total. The molecule has 0 amide bonds. The molecular formula is C27H25FN2O4. The minimum absolute atomic E-state index is 0.107. The molecule has 0 atom stereocenters. The van der Waals surface area contributed by atoms with Crippen LogP contribution in [0.3, 0.4) is 0 Å². The molecule has 0 aliphatic carbocycles. The van der Waals surface area contributed by atoms with Crippen LogP contribution in [0.2, 0.25) is 0 Å². The molecule has 174 valence electrons. The van der Waals surface area contributed by atoms with Crippen molar-refractivity contribution in [2.75, 3.05) is 6.61 Å². The van der Waals surface area contributed by atoms with E-state index in [1.807, 2.05) is 38.1 Å². The van der Waals surface area contributed by atoms with Gasteiger partial charge in [0.05, 0.1) is 23.6 Å². The molecule has 0 aliphatic heterocycles. The smallest absolute Gasteiger partial charge is 0.303 e. The van der Waals surface area contributed by atoms with Gasteiger partial charge in [-0.25, -0.2) is 9.37 Å². The van der Waals surface area contributed by atoms with E-state index >= 15 is 0 Å². The van der Waals surface area contributed by atoms with E-state index in [-0.39, 0.29) is 12.2 Å². The molecule has 0 fully saturated rings. The Morgan fingerprint density at radius 2 is 1.91 bits per heavy atom. The standard InChI is InChI=1S/C27H25FN2O4/c1-17-15-21(10-7-19(17)9-12-26(31)32)33-14-13-24-18(2)34-27(30-24)20-8-11-25(29-16-20)22-5-3-4-6-23(22)28/h3-8,10-11,15-16H,9,12-14H2,1-2H3,(H,31,32). The Bertz CT molecular complexity index is 1300. The quantitative estimate of drug-likeness (QED) is 0.340. The van der Waals surface area contributed by atoms with Crippen LogP contribution in [0.4, 0.5) is 4.39 Å². The van der Waals surface area contributed by atoms with Crippen molar-refractivity contribution in [1.82, 2.24) is 9.97 Å². The zero-order valence-electron chi connectivity index (χ0n) is 19.0. The predicted molar refractivity (Wildman–Crippen MR) is 126 cm³/mol. The third-order valence-electron chi connectivity index (χ3n) is 5.58. The summed E-state index contributed by atoms with van der Waals surface area (Å²) >= 11 is 0. The lowest BCUT2D eigenvalue weighted by Gasteiger charge is -2.09. The van der Waals surface area contributed by atoms with E-state index in [0.717, 1.165) is 22.6 Å². The summed E-state index contributed by atoms with van der Waals surface area (Å²) in [5.74, 6) is 0.766. The first-order chi connectivity index (χ1) is 16.4. The number of carboxylic acids is 1. The molecule has 34 heavy (non-hydrogen) atoms. The lowest BCUT2D eigenvalue weighted by atomic mass is 10.0. The van der Waals surface area contributed by atoms with E-state index in [9.17, 15) is 9.18 Å². The first-order valence-electron chi connectivity index (χ1n) is 11.0. The van der Waals surface area contributed by atoms with Crippen molar-refractivity contribution in [2.45, 2.75) is 33.1 Å². The molecule has 4 rings (SSSR count). The van der Waals surface area contributed by atoms with Gasteiger partial charge in [-0.3, -0.25) is 9.78 Å². The number of nitrogens with zero attached hydrogens (tertiary/aromatic N) is 2. The SMILES string of the molecule is Cc1cc(OCCc2nc(-c3ccc(-c4ccccc4F)nc3)oc2C)ccc1CCC(=O)O. The number of pyridine rings is 1. The summed E-state index contributed by atoms with van der Waals surface area (Å²) in [6, 6.07) is 15.8. The fourth-order valence-electron chi connectivity index (χ4n) is 3.68. The normalized spacial score (nSPS) is 10.9. The van der Waals surface area contributed by atoms with Gasteiger partial charge >= 0.3 is 5.97 Å². The number of carboxylic acid groups (broad SMARTS) is 1. The van der Waals surface area contributed by atoms with E-state index in [0.29, 0.717) is 47.9 Å². The van der Waals surface area contributed by atoms with Crippen molar-refractivity contribution in [3.8, 4) is 28.5 Å². The predicted octanol–water partition coefficient (Wildman–Crippen LogP) is 5.80. The van der Waals surface area contributed by atoms with Crippen LogP contribution in [-0.4, -0.2) is 27.7 Å². The van der Waals surface area contributed by atoms with Gasteiger partial charge in [0.25, 0.3) is 0 Å². The maximum absolute atomic E-state index is 14.0. The first-order valence-corrected chi connectivity index (χ1v) is 11.0. The van der Waals surface area contributed by atoms with Gasteiger partial charge in [0.15, 0.2) is 0 Å². The second-order valence-corrected chi connectivity index (χ2v) is 8.01. The van der Waals surface area contributed by atoms with Gasteiger partial charge in [-0.1, -0.05) is 18.2 Å². The molecule has 7 heteroatoms. The summed E-state index contributed by atoms with van der Waals surface area (Å²) in [6.45, 7) is 4.23. The zero-order valence-corrected chi connectivity index (χ0v) is 19.0. The monoisotopic (exact) mass is 460 g/mol. The number of carbonyl (C=O) groups is 1. The number of rotatable bonds is 9. The minimum atomic E-state index is -0.807. The van der Waals surface area contributed by atoms with Gasteiger partial charge in [0.1, 0.15) is 17.3 Å². The summed E-state index contributed by atoms with van der Waals surface area (Å²) < 4.78 is 25.7.